The summed E-state index contributed by atoms with van der Waals surface area (Å²) in [4.78, 5) is 14.6. The average molecular weight is 312 g/mol. The molecule has 0 atom stereocenters. The molecule has 0 bridgehead atoms. The van der Waals surface area contributed by atoms with Gasteiger partial charge in [-0.3, -0.25) is 13.2 Å². The molecule has 0 spiro atoms. The molecule has 1 aromatic heterocycles. The first-order valence-corrected chi connectivity index (χ1v) is 7.02. The molecule has 1 amide bonds. The maximum Gasteiger partial charge on any atom is 1.00 e. The van der Waals surface area contributed by atoms with Crippen molar-refractivity contribution in [3.05, 3.63) is 24.1 Å². The van der Waals surface area contributed by atoms with Crippen LogP contribution in [0.25, 0.3) is 0 Å². The number of aromatic nitrogens is 1. The Morgan fingerprint density at radius 3 is 2.50 bits per heavy atom. The van der Waals surface area contributed by atoms with Gasteiger partial charge in [0.05, 0.1) is 6.20 Å². The third-order valence-electron chi connectivity index (χ3n) is 1.36. The van der Waals surface area contributed by atoms with Crippen molar-refractivity contribution < 1.29 is 81.3 Å². The van der Waals surface area contributed by atoms with Gasteiger partial charge in [-0.1, -0.05) is 5.75 Å². The van der Waals surface area contributed by atoms with Crippen molar-refractivity contribution in [2.45, 2.75) is 0 Å². The molecule has 0 unspecified atom stereocenters. The Labute approximate surface area is 151 Å². The molecule has 6 nitrogen and oxygen atoms in total. The molecular formula is C7H7FN2Na2O4S2. The van der Waals surface area contributed by atoms with E-state index in [2.05, 4.69) is 10.3 Å². The Kier molecular flexibility index (Phi) is 11.3. The Morgan fingerprint density at radius 2 is 2.06 bits per heavy atom. The molecule has 11 heteroatoms. The summed E-state index contributed by atoms with van der Waals surface area (Å²) in [6.07, 6.45) is 0.900. The molecule has 0 saturated carbocycles. The van der Waals surface area contributed by atoms with Crippen LogP contribution in [0.1, 0.15) is 0 Å². The average Bonchev–Trinajstić information content (AvgIpc) is 2.18. The number of nitrogens with one attached hydrogen (secondary N) is 1. The predicted molar refractivity (Wildman–Crippen MR) is 56.1 cm³/mol. The number of carbonyl (C=O) groups excluding carboxylic acids is 1. The second-order valence-corrected chi connectivity index (χ2v) is 6.17. The number of pyridine rings is 1. The topological polar surface area (TPSA) is 99.2 Å². The van der Waals surface area contributed by atoms with Crippen LogP contribution in [0.3, 0.4) is 0 Å². The molecule has 0 saturated heterocycles. The predicted octanol–water partition coefficient (Wildman–Crippen LogP) is -6.56. The van der Waals surface area contributed by atoms with E-state index < -0.39 is 37.4 Å². The summed E-state index contributed by atoms with van der Waals surface area (Å²) >= 11 is 0. The van der Waals surface area contributed by atoms with Crippen LogP contribution < -0.4 is 64.4 Å². The van der Waals surface area contributed by atoms with Gasteiger partial charge in [-0.2, -0.15) is 0 Å². The van der Waals surface area contributed by atoms with Gasteiger partial charge >= 0.3 is 59.1 Å². The van der Waals surface area contributed by atoms with Crippen LogP contribution >= 0.6 is 0 Å². The van der Waals surface area contributed by atoms with Gasteiger partial charge in [0.15, 0.2) is 0 Å². The second kappa shape index (κ2) is 9.67. The standard InChI is InChI=1S/C7H8FN2O4S2.2Na/c8-5-1-2-6(9-3-5)10-7(11)4-15-16(12,13)14;;/h1-3,15H,4H2,(H,9,10,11)(H,12,13,14);;/q-1;2*+1/p-1. The largest absolute Gasteiger partial charge is 1.00 e. The van der Waals surface area contributed by atoms with Gasteiger partial charge in [0.25, 0.3) is 0 Å². The van der Waals surface area contributed by atoms with Crippen molar-refractivity contribution in [1.82, 2.24) is 4.98 Å². The number of anilines is 1. The first-order valence-electron chi connectivity index (χ1n) is 3.93. The number of halogens is 1. The molecule has 0 radical (unpaired) electrons. The zero-order valence-electron chi connectivity index (χ0n) is 9.75. The Morgan fingerprint density at radius 1 is 1.44 bits per heavy atom. The van der Waals surface area contributed by atoms with E-state index in [1.807, 2.05) is 0 Å². The van der Waals surface area contributed by atoms with Gasteiger partial charge in [-0.15, -0.1) is 0 Å². The van der Waals surface area contributed by atoms with Crippen LogP contribution in [-0.2, 0) is 24.7 Å². The molecule has 1 N–H and O–H groups in total. The zero-order valence-corrected chi connectivity index (χ0v) is 15.5. The zero-order chi connectivity index (χ0) is 12.2. The maximum atomic E-state index is 12.4. The quantitative estimate of drug-likeness (QED) is 0.196. The summed E-state index contributed by atoms with van der Waals surface area (Å²) in [5.74, 6) is -1.63. The second-order valence-electron chi connectivity index (χ2n) is 2.62. The van der Waals surface area contributed by atoms with Gasteiger partial charge in [0, 0.05) is 9.15 Å². The van der Waals surface area contributed by atoms with Crippen molar-refractivity contribution >= 4 is 31.7 Å². The summed E-state index contributed by atoms with van der Waals surface area (Å²) in [5.41, 5.74) is 0. The van der Waals surface area contributed by atoms with E-state index >= 15 is 0 Å². The summed E-state index contributed by atoms with van der Waals surface area (Å²) in [7, 11) is -4.97. The fourth-order valence-electron chi connectivity index (χ4n) is 0.770. The van der Waals surface area contributed by atoms with E-state index in [4.69, 9.17) is 0 Å². The van der Waals surface area contributed by atoms with Gasteiger partial charge < -0.3 is 20.7 Å². The van der Waals surface area contributed by atoms with Crippen molar-refractivity contribution in [3.63, 3.8) is 0 Å². The summed E-state index contributed by atoms with van der Waals surface area (Å²) < 4.78 is 43.1. The van der Waals surface area contributed by atoms with Crippen molar-refractivity contribution in [2.75, 3.05) is 11.1 Å². The van der Waals surface area contributed by atoms with Crippen LogP contribution in [0.5, 0.6) is 0 Å². The number of nitrogens with zero attached hydrogens (tertiary/aromatic N) is 1. The molecule has 0 aliphatic rings. The van der Waals surface area contributed by atoms with Crippen LogP contribution in [-0.4, -0.2) is 29.6 Å². The number of thiol groups is 1. The molecular weight excluding hydrogens is 305 g/mol. The van der Waals surface area contributed by atoms with E-state index in [1.54, 1.807) is 0 Å². The van der Waals surface area contributed by atoms with Crippen LogP contribution in [0.4, 0.5) is 10.2 Å². The first kappa shape index (κ1) is 21.1. The monoisotopic (exact) mass is 312 g/mol. The Bertz CT molecular complexity index is 483. The minimum atomic E-state index is -4.44. The van der Waals surface area contributed by atoms with E-state index in [1.165, 1.54) is 6.07 Å². The van der Waals surface area contributed by atoms with Gasteiger partial charge in [0.1, 0.15) is 11.6 Å². The molecule has 0 aliphatic heterocycles. The summed E-state index contributed by atoms with van der Waals surface area (Å²) in [6.45, 7) is 0. The van der Waals surface area contributed by atoms with Gasteiger partial charge in [0.2, 0.25) is 5.91 Å². The number of carbonyl (C=O) groups is 1. The fraction of sp³-hybridized carbons (Fsp3) is 0.143. The van der Waals surface area contributed by atoms with E-state index in [-0.39, 0.29) is 64.9 Å². The smallest absolute Gasteiger partial charge is 0.766 e. The summed E-state index contributed by atoms with van der Waals surface area (Å²) in [6, 6.07) is 2.31. The Hall–Kier alpha value is 0.810. The molecule has 0 fully saturated rings. The fourth-order valence-corrected chi connectivity index (χ4v) is 1.95. The third-order valence-corrected chi connectivity index (χ3v) is 3.43. The number of hydrogen-bond acceptors (Lipinski definition) is 6. The van der Waals surface area contributed by atoms with Crippen molar-refractivity contribution in [3.8, 4) is 0 Å². The first-order chi connectivity index (χ1) is 7.37. The number of rotatable bonds is 4. The van der Waals surface area contributed by atoms with Gasteiger partial charge in [-0.05, 0) is 12.1 Å². The van der Waals surface area contributed by atoms with E-state index in [0.29, 0.717) is 0 Å². The van der Waals surface area contributed by atoms with E-state index in [0.717, 1.165) is 12.3 Å². The summed E-state index contributed by atoms with van der Waals surface area (Å²) in [5, 5.41) is 2.21. The molecule has 1 aromatic rings. The Balaban J connectivity index is 0. The molecule has 0 aromatic carbocycles. The SMILES string of the molecule is O=C(C[SH-]S(=O)(=O)[O-])Nc1ccc(F)cn1.[Na+].[Na+]. The van der Waals surface area contributed by atoms with Crippen LogP contribution in [0.15, 0.2) is 18.3 Å². The minimum Gasteiger partial charge on any atom is -0.766 e. The van der Waals surface area contributed by atoms with Crippen LogP contribution in [0.2, 0.25) is 0 Å². The molecule has 1 heterocycles. The van der Waals surface area contributed by atoms with Crippen molar-refractivity contribution in [1.29, 1.82) is 0 Å². The van der Waals surface area contributed by atoms with Crippen molar-refractivity contribution in [2.24, 2.45) is 0 Å². The van der Waals surface area contributed by atoms with E-state index in [9.17, 15) is 22.2 Å². The molecule has 0 aliphatic carbocycles. The van der Waals surface area contributed by atoms with Crippen LogP contribution in [0, 0.1) is 5.82 Å². The molecule has 18 heavy (non-hydrogen) atoms. The minimum absolute atomic E-state index is 0. The third kappa shape index (κ3) is 9.70. The van der Waals surface area contributed by atoms with Gasteiger partial charge in [-0.25, -0.2) is 9.37 Å². The molecule has 90 valence electrons. The number of hydrogen-bond donors (Lipinski definition) is 1. The maximum absolute atomic E-state index is 12.4. The normalized spacial score (nSPS) is 10.1. The molecule has 1 rings (SSSR count). The number of amides is 1.